The van der Waals surface area contributed by atoms with Crippen molar-refractivity contribution in [1.29, 1.82) is 0 Å². The molecule has 3 aliphatic rings. The molecule has 2 bridgehead atoms. The van der Waals surface area contributed by atoms with E-state index in [9.17, 15) is 0 Å². The van der Waals surface area contributed by atoms with E-state index in [0.717, 1.165) is 49.8 Å². The molecule has 7 heteroatoms. The zero-order valence-corrected chi connectivity index (χ0v) is 13.9. The molecule has 1 N–H and O–H groups in total. The van der Waals surface area contributed by atoms with E-state index in [0.29, 0.717) is 18.1 Å². The summed E-state index contributed by atoms with van der Waals surface area (Å²) in [5, 5.41) is 8.39. The van der Waals surface area contributed by atoms with Gasteiger partial charge in [0.2, 0.25) is 0 Å². The van der Waals surface area contributed by atoms with E-state index in [4.69, 9.17) is 14.5 Å². The molecule has 0 aliphatic carbocycles. The SMILES string of the molecule is C[C@@H]1COCCN1c1cc(N2C3CCC2COC3)nc2[nH]ncc12. The summed E-state index contributed by atoms with van der Waals surface area (Å²) in [6.45, 7) is 6.26. The molecule has 2 aromatic rings. The van der Waals surface area contributed by atoms with E-state index in [2.05, 4.69) is 33.0 Å². The number of nitrogens with zero attached hydrogens (tertiary/aromatic N) is 4. The van der Waals surface area contributed by atoms with Crippen molar-refractivity contribution in [2.75, 3.05) is 42.8 Å². The Labute approximate surface area is 140 Å². The molecule has 2 unspecified atom stereocenters. The largest absolute Gasteiger partial charge is 0.377 e. The van der Waals surface area contributed by atoms with Crippen molar-refractivity contribution in [2.45, 2.75) is 37.9 Å². The molecule has 0 saturated carbocycles. The monoisotopic (exact) mass is 329 g/mol. The lowest BCUT2D eigenvalue weighted by Gasteiger charge is -2.38. The fourth-order valence-electron chi connectivity index (χ4n) is 4.36. The van der Waals surface area contributed by atoms with Crippen LogP contribution in [-0.2, 0) is 9.47 Å². The average Bonchev–Trinajstić information content (AvgIpc) is 3.16. The summed E-state index contributed by atoms with van der Waals surface area (Å²) in [5.74, 6) is 1.05. The summed E-state index contributed by atoms with van der Waals surface area (Å²) < 4.78 is 11.3. The van der Waals surface area contributed by atoms with Crippen LogP contribution < -0.4 is 9.80 Å². The highest BCUT2D eigenvalue weighted by atomic mass is 16.5. The third-order valence-electron chi connectivity index (χ3n) is 5.57. The van der Waals surface area contributed by atoms with Gasteiger partial charge in [-0.05, 0) is 19.8 Å². The topological polar surface area (TPSA) is 66.5 Å². The molecule has 2 aromatic heterocycles. The second kappa shape index (κ2) is 5.60. The first-order valence-electron chi connectivity index (χ1n) is 8.86. The minimum atomic E-state index is 0.355. The minimum absolute atomic E-state index is 0.355. The van der Waals surface area contributed by atoms with E-state index in [1.165, 1.54) is 18.5 Å². The summed E-state index contributed by atoms with van der Waals surface area (Å²) >= 11 is 0. The molecule has 3 atom stereocenters. The van der Waals surface area contributed by atoms with Gasteiger partial charge in [-0.1, -0.05) is 0 Å². The van der Waals surface area contributed by atoms with E-state index in [1.807, 2.05) is 6.20 Å². The van der Waals surface area contributed by atoms with Crippen LogP contribution in [0, 0.1) is 0 Å². The number of aromatic amines is 1. The lowest BCUT2D eigenvalue weighted by molar-refractivity contribution is 0.0902. The number of anilines is 2. The highest BCUT2D eigenvalue weighted by Gasteiger charge is 2.38. The van der Waals surface area contributed by atoms with Crippen LogP contribution in [-0.4, -0.2) is 66.3 Å². The molecule has 7 nitrogen and oxygen atoms in total. The smallest absolute Gasteiger partial charge is 0.159 e. The second-order valence-corrected chi connectivity index (χ2v) is 7.08. The fourth-order valence-corrected chi connectivity index (χ4v) is 4.36. The van der Waals surface area contributed by atoms with E-state index in [1.54, 1.807) is 0 Å². The highest BCUT2D eigenvalue weighted by Crippen LogP contribution is 2.37. The number of H-pyrrole nitrogens is 1. The Morgan fingerprint density at radius 2 is 2.00 bits per heavy atom. The first-order chi connectivity index (χ1) is 11.8. The van der Waals surface area contributed by atoms with Crippen molar-refractivity contribution < 1.29 is 9.47 Å². The molecule has 5 rings (SSSR count). The number of fused-ring (bicyclic) bond motifs is 3. The zero-order valence-electron chi connectivity index (χ0n) is 13.9. The molecule has 3 fully saturated rings. The van der Waals surface area contributed by atoms with Gasteiger partial charge >= 0.3 is 0 Å². The maximum atomic E-state index is 5.73. The molecule has 3 aliphatic heterocycles. The maximum absolute atomic E-state index is 5.73. The van der Waals surface area contributed by atoms with Crippen LogP contribution in [0.4, 0.5) is 11.5 Å². The van der Waals surface area contributed by atoms with Gasteiger partial charge in [0, 0.05) is 18.7 Å². The molecular weight excluding hydrogens is 306 g/mol. The molecule has 3 saturated heterocycles. The quantitative estimate of drug-likeness (QED) is 0.902. The normalized spacial score (nSPS) is 30.3. The Morgan fingerprint density at radius 3 is 2.79 bits per heavy atom. The predicted molar refractivity (Wildman–Crippen MR) is 91.6 cm³/mol. The number of nitrogens with one attached hydrogen (secondary N) is 1. The Balaban J connectivity index is 1.60. The van der Waals surface area contributed by atoms with Crippen molar-refractivity contribution in [2.24, 2.45) is 0 Å². The lowest BCUT2D eigenvalue weighted by atomic mass is 10.1. The Kier molecular flexibility index (Phi) is 3.38. The molecule has 0 amide bonds. The minimum Gasteiger partial charge on any atom is -0.377 e. The second-order valence-electron chi connectivity index (χ2n) is 7.08. The summed E-state index contributed by atoms with van der Waals surface area (Å²) in [6.07, 6.45) is 4.27. The number of morpholine rings is 2. The number of hydrogen-bond donors (Lipinski definition) is 1. The van der Waals surface area contributed by atoms with Gasteiger partial charge in [0.25, 0.3) is 0 Å². The number of rotatable bonds is 2. The van der Waals surface area contributed by atoms with Crippen LogP contribution in [0.2, 0.25) is 0 Å². The molecule has 0 radical (unpaired) electrons. The highest BCUT2D eigenvalue weighted by molar-refractivity contribution is 5.91. The van der Waals surface area contributed by atoms with Gasteiger partial charge in [0.1, 0.15) is 5.82 Å². The number of pyridine rings is 1. The van der Waals surface area contributed by atoms with E-state index in [-0.39, 0.29) is 0 Å². The Bertz CT molecular complexity index is 732. The number of aromatic nitrogens is 3. The summed E-state index contributed by atoms with van der Waals surface area (Å²) in [4.78, 5) is 9.77. The van der Waals surface area contributed by atoms with E-state index >= 15 is 0 Å². The van der Waals surface area contributed by atoms with Gasteiger partial charge in [-0.2, -0.15) is 5.10 Å². The third kappa shape index (κ3) is 2.18. The fraction of sp³-hybridized carbons (Fsp3) is 0.647. The van der Waals surface area contributed by atoms with Crippen LogP contribution in [0.5, 0.6) is 0 Å². The molecular formula is C17H23N5O2. The van der Waals surface area contributed by atoms with E-state index < -0.39 is 0 Å². The maximum Gasteiger partial charge on any atom is 0.159 e. The van der Waals surface area contributed by atoms with Crippen molar-refractivity contribution in [3.63, 3.8) is 0 Å². The first kappa shape index (κ1) is 14.5. The third-order valence-corrected chi connectivity index (χ3v) is 5.57. The molecule has 5 heterocycles. The summed E-state index contributed by atoms with van der Waals surface area (Å²) in [5.41, 5.74) is 2.08. The van der Waals surface area contributed by atoms with Crippen molar-refractivity contribution in [3.8, 4) is 0 Å². The average molecular weight is 329 g/mol. The lowest BCUT2D eigenvalue weighted by Crippen LogP contribution is -2.47. The standard InChI is InChI=1S/C17H23N5O2/c1-11-8-23-5-4-21(11)15-6-16(19-17-14(15)7-18-20-17)22-12-2-3-13(22)10-24-9-12/h6-7,11-13H,2-5,8-10H2,1H3,(H,18,19,20)/t11-,12?,13?/m1/s1. The van der Waals surface area contributed by atoms with Gasteiger partial charge in [-0.15, -0.1) is 0 Å². The molecule has 0 aromatic carbocycles. The van der Waals surface area contributed by atoms with Crippen molar-refractivity contribution in [1.82, 2.24) is 15.2 Å². The van der Waals surface area contributed by atoms with Crippen LogP contribution in [0.1, 0.15) is 19.8 Å². The Hall–Kier alpha value is -1.86. The van der Waals surface area contributed by atoms with Crippen LogP contribution in [0.25, 0.3) is 11.0 Å². The van der Waals surface area contributed by atoms with Gasteiger partial charge in [-0.3, -0.25) is 5.10 Å². The first-order valence-corrected chi connectivity index (χ1v) is 8.86. The van der Waals surface area contributed by atoms with Gasteiger partial charge in [0.15, 0.2) is 5.65 Å². The van der Waals surface area contributed by atoms with Crippen LogP contribution in [0.3, 0.4) is 0 Å². The van der Waals surface area contributed by atoms with Gasteiger partial charge in [0.05, 0.1) is 55.8 Å². The summed E-state index contributed by atoms with van der Waals surface area (Å²) in [6, 6.07) is 3.50. The van der Waals surface area contributed by atoms with Crippen LogP contribution >= 0.6 is 0 Å². The molecule has 24 heavy (non-hydrogen) atoms. The molecule has 128 valence electrons. The number of hydrogen-bond acceptors (Lipinski definition) is 6. The van der Waals surface area contributed by atoms with Crippen molar-refractivity contribution >= 4 is 22.5 Å². The summed E-state index contributed by atoms with van der Waals surface area (Å²) in [7, 11) is 0. The van der Waals surface area contributed by atoms with Crippen molar-refractivity contribution in [3.05, 3.63) is 12.3 Å². The zero-order chi connectivity index (χ0) is 16.1. The van der Waals surface area contributed by atoms with Gasteiger partial charge < -0.3 is 19.3 Å². The van der Waals surface area contributed by atoms with Gasteiger partial charge in [-0.25, -0.2) is 4.98 Å². The predicted octanol–water partition coefficient (Wildman–Crippen LogP) is 1.55. The van der Waals surface area contributed by atoms with Crippen LogP contribution in [0.15, 0.2) is 12.3 Å². The molecule has 0 spiro atoms. The number of ether oxygens (including phenoxy) is 2. The Morgan fingerprint density at radius 1 is 1.17 bits per heavy atom.